The molecule has 96 valence electrons. The van der Waals surface area contributed by atoms with E-state index in [1.165, 1.54) is 6.07 Å². The maximum absolute atomic E-state index is 13.3. The third kappa shape index (κ3) is 3.11. The molecule has 2 aromatic rings. The monoisotopic (exact) mass is 265 g/mol. The van der Waals surface area contributed by atoms with Crippen molar-refractivity contribution in [3.8, 4) is 0 Å². The molecule has 0 spiro atoms. The Morgan fingerprint density at radius 3 is 2.94 bits per heavy atom. The zero-order valence-corrected chi connectivity index (χ0v) is 11.3. The van der Waals surface area contributed by atoms with Gasteiger partial charge in [-0.05, 0) is 30.3 Å². The Balaban J connectivity index is 2.23. The van der Waals surface area contributed by atoms with Gasteiger partial charge in [0.1, 0.15) is 5.82 Å². The van der Waals surface area contributed by atoms with Crippen molar-refractivity contribution >= 4 is 11.8 Å². The number of aryl methyl sites for hydroxylation is 1. The molecule has 2 rings (SSSR count). The highest BCUT2D eigenvalue weighted by Crippen LogP contribution is 2.29. The summed E-state index contributed by atoms with van der Waals surface area (Å²) in [7, 11) is 1.95. The molecule has 0 bridgehead atoms. The van der Waals surface area contributed by atoms with Crippen LogP contribution in [0.5, 0.6) is 0 Å². The highest BCUT2D eigenvalue weighted by molar-refractivity contribution is 7.99. The van der Waals surface area contributed by atoms with Crippen LogP contribution in [0, 0.1) is 5.82 Å². The third-order valence-electron chi connectivity index (χ3n) is 2.57. The first-order valence-corrected chi connectivity index (χ1v) is 6.66. The number of nitrogens with zero attached hydrogens (tertiary/aromatic N) is 2. The number of halogens is 1. The SMILES string of the molecule is CCNCc1cc(F)ccc1Sc1nccn1C. The molecular formula is C13H16FN3S. The molecule has 0 fully saturated rings. The second-order valence-electron chi connectivity index (χ2n) is 3.96. The van der Waals surface area contributed by atoms with Gasteiger partial charge in [0, 0.05) is 30.9 Å². The molecular weight excluding hydrogens is 249 g/mol. The van der Waals surface area contributed by atoms with Crippen LogP contribution in [0.15, 0.2) is 40.6 Å². The highest BCUT2D eigenvalue weighted by atomic mass is 32.2. The molecule has 1 N–H and O–H groups in total. The van der Waals surface area contributed by atoms with Gasteiger partial charge in [-0.25, -0.2) is 9.37 Å². The van der Waals surface area contributed by atoms with Gasteiger partial charge in [0.2, 0.25) is 0 Å². The fraction of sp³-hybridized carbons (Fsp3) is 0.308. The van der Waals surface area contributed by atoms with Crippen molar-refractivity contribution in [3.05, 3.63) is 42.0 Å². The lowest BCUT2D eigenvalue weighted by molar-refractivity contribution is 0.618. The van der Waals surface area contributed by atoms with Gasteiger partial charge in [-0.2, -0.15) is 0 Å². The molecule has 0 saturated carbocycles. The van der Waals surface area contributed by atoms with Crippen LogP contribution in [-0.2, 0) is 13.6 Å². The summed E-state index contributed by atoms with van der Waals surface area (Å²) >= 11 is 1.55. The first-order valence-electron chi connectivity index (χ1n) is 5.85. The van der Waals surface area contributed by atoms with E-state index >= 15 is 0 Å². The lowest BCUT2D eigenvalue weighted by Crippen LogP contribution is -2.12. The molecule has 1 aromatic heterocycles. The Morgan fingerprint density at radius 2 is 2.28 bits per heavy atom. The second kappa shape index (κ2) is 6.02. The Labute approximate surface area is 110 Å². The molecule has 18 heavy (non-hydrogen) atoms. The minimum Gasteiger partial charge on any atom is -0.329 e. The third-order valence-corrected chi connectivity index (χ3v) is 3.76. The summed E-state index contributed by atoms with van der Waals surface area (Å²) in [5.41, 5.74) is 0.963. The molecule has 1 heterocycles. The first kappa shape index (κ1) is 13.1. The van der Waals surface area contributed by atoms with Crippen molar-refractivity contribution < 1.29 is 4.39 Å². The van der Waals surface area contributed by atoms with E-state index in [2.05, 4.69) is 10.3 Å². The molecule has 0 aliphatic rings. The predicted molar refractivity (Wildman–Crippen MR) is 71.1 cm³/mol. The molecule has 0 radical (unpaired) electrons. The van der Waals surface area contributed by atoms with Crippen LogP contribution in [0.4, 0.5) is 4.39 Å². The number of imidazole rings is 1. The average Bonchev–Trinajstić information content (AvgIpc) is 2.75. The van der Waals surface area contributed by atoms with E-state index in [0.717, 1.165) is 22.2 Å². The van der Waals surface area contributed by atoms with Gasteiger partial charge >= 0.3 is 0 Å². The molecule has 0 aliphatic carbocycles. The largest absolute Gasteiger partial charge is 0.329 e. The van der Waals surface area contributed by atoms with E-state index in [4.69, 9.17) is 0 Å². The molecule has 0 atom stereocenters. The summed E-state index contributed by atoms with van der Waals surface area (Å²) in [6.07, 6.45) is 3.66. The fourth-order valence-corrected chi connectivity index (χ4v) is 2.51. The van der Waals surface area contributed by atoms with Gasteiger partial charge < -0.3 is 9.88 Å². The van der Waals surface area contributed by atoms with Gasteiger partial charge in [0.05, 0.1) is 0 Å². The molecule has 0 aliphatic heterocycles. The number of rotatable bonds is 5. The van der Waals surface area contributed by atoms with Gasteiger partial charge in [0.15, 0.2) is 5.16 Å². The molecule has 5 heteroatoms. The van der Waals surface area contributed by atoms with Crippen LogP contribution >= 0.6 is 11.8 Å². The lowest BCUT2D eigenvalue weighted by Gasteiger charge is -2.09. The summed E-state index contributed by atoms with van der Waals surface area (Å²) < 4.78 is 15.2. The van der Waals surface area contributed by atoms with Crippen molar-refractivity contribution in [1.29, 1.82) is 0 Å². The smallest absolute Gasteiger partial charge is 0.172 e. The number of aromatic nitrogens is 2. The summed E-state index contributed by atoms with van der Waals surface area (Å²) in [5.74, 6) is -0.202. The zero-order chi connectivity index (χ0) is 13.0. The lowest BCUT2D eigenvalue weighted by atomic mass is 10.2. The first-order chi connectivity index (χ1) is 8.70. The Morgan fingerprint density at radius 1 is 1.44 bits per heavy atom. The summed E-state index contributed by atoms with van der Waals surface area (Å²) in [6, 6.07) is 4.87. The summed E-state index contributed by atoms with van der Waals surface area (Å²) in [5, 5.41) is 4.12. The van der Waals surface area contributed by atoms with E-state index in [9.17, 15) is 4.39 Å². The topological polar surface area (TPSA) is 29.9 Å². The van der Waals surface area contributed by atoms with E-state index in [1.807, 2.05) is 24.7 Å². The Kier molecular flexibility index (Phi) is 4.38. The molecule has 0 unspecified atom stereocenters. The van der Waals surface area contributed by atoms with E-state index in [1.54, 1.807) is 30.1 Å². The van der Waals surface area contributed by atoms with Crippen molar-refractivity contribution in [2.75, 3.05) is 6.54 Å². The number of hydrogen-bond donors (Lipinski definition) is 1. The standard InChI is InChI=1S/C13H16FN3S/c1-3-15-9-10-8-11(14)4-5-12(10)18-13-16-6-7-17(13)2/h4-8,15H,3,9H2,1-2H3. The molecule has 0 saturated heterocycles. The summed E-state index contributed by atoms with van der Waals surface area (Å²) in [4.78, 5) is 5.30. The minimum atomic E-state index is -0.202. The molecule has 1 aromatic carbocycles. The average molecular weight is 265 g/mol. The van der Waals surface area contributed by atoms with Gasteiger partial charge in [-0.1, -0.05) is 18.7 Å². The Bertz CT molecular complexity index is 525. The van der Waals surface area contributed by atoms with E-state index < -0.39 is 0 Å². The van der Waals surface area contributed by atoms with E-state index in [-0.39, 0.29) is 5.82 Å². The maximum Gasteiger partial charge on any atom is 0.172 e. The fourth-order valence-electron chi connectivity index (χ4n) is 1.59. The van der Waals surface area contributed by atoms with Gasteiger partial charge in [0.25, 0.3) is 0 Å². The van der Waals surface area contributed by atoms with Crippen LogP contribution < -0.4 is 5.32 Å². The normalized spacial score (nSPS) is 10.8. The molecule has 3 nitrogen and oxygen atoms in total. The number of benzene rings is 1. The van der Waals surface area contributed by atoms with Crippen molar-refractivity contribution in [2.24, 2.45) is 7.05 Å². The molecule has 0 amide bonds. The zero-order valence-electron chi connectivity index (χ0n) is 10.5. The van der Waals surface area contributed by atoms with E-state index in [0.29, 0.717) is 6.54 Å². The summed E-state index contributed by atoms with van der Waals surface area (Å²) in [6.45, 7) is 3.56. The maximum atomic E-state index is 13.3. The van der Waals surface area contributed by atoms with Crippen molar-refractivity contribution in [3.63, 3.8) is 0 Å². The highest BCUT2D eigenvalue weighted by Gasteiger charge is 2.08. The van der Waals surface area contributed by atoms with Crippen molar-refractivity contribution in [1.82, 2.24) is 14.9 Å². The van der Waals surface area contributed by atoms with Crippen LogP contribution in [-0.4, -0.2) is 16.1 Å². The van der Waals surface area contributed by atoms with Gasteiger partial charge in [-0.3, -0.25) is 0 Å². The second-order valence-corrected chi connectivity index (χ2v) is 4.96. The minimum absolute atomic E-state index is 0.202. The number of hydrogen-bond acceptors (Lipinski definition) is 3. The number of nitrogens with one attached hydrogen (secondary N) is 1. The van der Waals surface area contributed by atoms with Crippen LogP contribution in [0.2, 0.25) is 0 Å². The van der Waals surface area contributed by atoms with Crippen LogP contribution in [0.25, 0.3) is 0 Å². The quantitative estimate of drug-likeness (QED) is 0.901. The van der Waals surface area contributed by atoms with Crippen LogP contribution in [0.1, 0.15) is 12.5 Å². The van der Waals surface area contributed by atoms with Crippen LogP contribution in [0.3, 0.4) is 0 Å². The van der Waals surface area contributed by atoms with Crippen molar-refractivity contribution in [2.45, 2.75) is 23.5 Å². The Hall–Kier alpha value is -1.33. The predicted octanol–water partition coefficient (Wildman–Crippen LogP) is 2.82. The van der Waals surface area contributed by atoms with Gasteiger partial charge in [-0.15, -0.1) is 0 Å².